The first-order valence-electron chi connectivity index (χ1n) is 7.70. The number of urea groups is 1. The lowest BCUT2D eigenvalue weighted by molar-refractivity contribution is 0.103. The van der Waals surface area contributed by atoms with E-state index in [1.54, 1.807) is 4.90 Å². The zero-order valence-electron chi connectivity index (χ0n) is 12.1. The van der Waals surface area contributed by atoms with E-state index in [4.69, 9.17) is 5.11 Å². The number of likely N-dealkylation sites (tertiary alicyclic amines) is 1. The average molecular weight is 282 g/mol. The Morgan fingerprint density at radius 1 is 1.35 bits per heavy atom. The van der Waals surface area contributed by atoms with Gasteiger partial charge in [0.2, 0.25) is 0 Å². The van der Waals surface area contributed by atoms with Gasteiger partial charge in [-0.1, -0.05) is 18.1 Å². The molecule has 1 aliphatic heterocycles. The molecule has 0 radical (unpaired) electrons. The van der Waals surface area contributed by atoms with E-state index in [-0.39, 0.29) is 18.6 Å². The van der Waals surface area contributed by atoms with Crippen molar-refractivity contribution in [2.75, 3.05) is 26.2 Å². The van der Waals surface area contributed by atoms with Crippen molar-refractivity contribution in [3.8, 4) is 0 Å². The average Bonchev–Trinajstić information content (AvgIpc) is 2.65. The summed E-state index contributed by atoms with van der Waals surface area (Å²) in [6, 6.07) is -0.130. The Balaban J connectivity index is 1.69. The maximum absolute atomic E-state index is 12.0. The van der Waals surface area contributed by atoms with E-state index in [1.165, 1.54) is 31.3 Å². The lowest BCUT2D eigenvalue weighted by Gasteiger charge is -2.17. The van der Waals surface area contributed by atoms with Crippen LogP contribution in [-0.2, 0) is 0 Å². The number of nitrogens with zero attached hydrogens (tertiary/aromatic N) is 1. The fourth-order valence-electron chi connectivity index (χ4n) is 2.95. The van der Waals surface area contributed by atoms with E-state index in [1.807, 2.05) is 0 Å². The second-order valence-corrected chi connectivity index (χ2v) is 5.86. The van der Waals surface area contributed by atoms with E-state index < -0.39 is 6.10 Å². The van der Waals surface area contributed by atoms with Gasteiger partial charge in [0.15, 0.2) is 0 Å². The Morgan fingerprint density at radius 3 is 2.95 bits per heavy atom. The first-order valence-corrected chi connectivity index (χ1v) is 7.70. The highest BCUT2D eigenvalue weighted by molar-refractivity contribution is 5.74. The normalized spacial score (nSPS) is 27.1. The summed E-state index contributed by atoms with van der Waals surface area (Å²) in [6.07, 6.45) is 8.81. The van der Waals surface area contributed by atoms with Crippen LogP contribution >= 0.6 is 0 Å². The summed E-state index contributed by atoms with van der Waals surface area (Å²) in [5.41, 5.74) is 1.46. The van der Waals surface area contributed by atoms with Crippen molar-refractivity contribution in [1.82, 2.24) is 10.2 Å². The maximum Gasteiger partial charge on any atom is 0.317 e. The van der Waals surface area contributed by atoms with Crippen LogP contribution in [0.15, 0.2) is 11.6 Å². The number of aliphatic hydroxyl groups excluding tert-OH is 2. The van der Waals surface area contributed by atoms with Crippen LogP contribution in [0.25, 0.3) is 0 Å². The minimum absolute atomic E-state index is 0.0716. The molecule has 2 aliphatic rings. The van der Waals surface area contributed by atoms with Crippen molar-refractivity contribution >= 4 is 6.03 Å². The Labute approximate surface area is 120 Å². The Morgan fingerprint density at radius 2 is 2.20 bits per heavy atom. The van der Waals surface area contributed by atoms with Gasteiger partial charge in [-0.3, -0.25) is 0 Å². The molecular weight excluding hydrogens is 256 g/mol. The summed E-state index contributed by atoms with van der Waals surface area (Å²) in [4.78, 5) is 13.6. The topological polar surface area (TPSA) is 72.8 Å². The van der Waals surface area contributed by atoms with Crippen LogP contribution in [-0.4, -0.2) is 53.5 Å². The number of carbonyl (C=O) groups excluding carboxylic acids is 1. The molecule has 5 heteroatoms. The van der Waals surface area contributed by atoms with Gasteiger partial charge in [-0.2, -0.15) is 0 Å². The van der Waals surface area contributed by atoms with Gasteiger partial charge in [0.25, 0.3) is 0 Å². The molecule has 1 aliphatic carbocycles. The van der Waals surface area contributed by atoms with Crippen LogP contribution in [0.1, 0.15) is 38.5 Å². The van der Waals surface area contributed by atoms with Gasteiger partial charge in [0.05, 0.1) is 12.7 Å². The Bertz CT molecular complexity index is 357. The second kappa shape index (κ2) is 7.64. The quantitative estimate of drug-likeness (QED) is 0.680. The van der Waals surface area contributed by atoms with Crippen LogP contribution in [0.2, 0.25) is 0 Å². The van der Waals surface area contributed by atoms with Crippen molar-refractivity contribution in [3.05, 3.63) is 11.6 Å². The van der Waals surface area contributed by atoms with Crippen LogP contribution in [0, 0.1) is 5.92 Å². The van der Waals surface area contributed by atoms with Crippen molar-refractivity contribution in [1.29, 1.82) is 0 Å². The van der Waals surface area contributed by atoms with Crippen molar-refractivity contribution in [2.24, 2.45) is 5.92 Å². The minimum Gasteiger partial charge on any atom is -0.396 e. The molecule has 0 aromatic rings. The van der Waals surface area contributed by atoms with Gasteiger partial charge >= 0.3 is 6.03 Å². The third-order valence-corrected chi connectivity index (χ3v) is 4.29. The molecule has 5 nitrogen and oxygen atoms in total. The molecule has 0 saturated carbocycles. The van der Waals surface area contributed by atoms with E-state index >= 15 is 0 Å². The number of hydrogen-bond acceptors (Lipinski definition) is 3. The first-order chi connectivity index (χ1) is 9.70. The van der Waals surface area contributed by atoms with Gasteiger partial charge in [-0.05, 0) is 32.1 Å². The van der Waals surface area contributed by atoms with Crippen LogP contribution in [0.4, 0.5) is 4.79 Å². The summed E-state index contributed by atoms with van der Waals surface area (Å²) in [5, 5.41) is 21.7. The molecule has 0 bridgehead atoms. The van der Waals surface area contributed by atoms with Crippen molar-refractivity contribution in [2.45, 2.75) is 44.6 Å². The highest BCUT2D eigenvalue weighted by atomic mass is 16.3. The SMILES string of the molecule is O=C(NCCC1=CCCCCC1)N1CC(O)C(CO)C1. The second-order valence-electron chi connectivity index (χ2n) is 5.86. The molecule has 2 amide bonds. The number of nitrogens with one attached hydrogen (secondary N) is 1. The van der Waals surface area contributed by atoms with Gasteiger partial charge in [-0.15, -0.1) is 0 Å². The molecule has 0 aromatic carbocycles. The molecule has 2 unspecified atom stereocenters. The number of allylic oxidation sites excluding steroid dienone is 1. The molecule has 0 spiro atoms. The highest BCUT2D eigenvalue weighted by Crippen LogP contribution is 2.19. The van der Waals surface area contributed by atoms with E-state index in [0.717, 1.165) is 12.8 Å². The number of aliphatic hydroxyl groups is 2. The summed E-state index contributed by atoms with van der Waals surface area (Å²) < 4.78 is 0. The number of rotatable bonds is 4. The smallest absolute Gasteiger partial charge is 0.317 e. The Kier molecular flexibility index (Phi) is 5.86. The van der Waals surface area contributed by atoms with Gasteiger partial charge in [-0.25, -0.2) is 4.79 Å². The summed E-state index contributed by atoms with van der Waals surface area (Å²) in [7, 11) is 0. The maximum atomic E-state index is 12.0. The zero-order valence-corrected chi connectivity index (χ0v) is 12.1. The molecular formula is C15H26N2O3. The van der Waals surface area contributed by atoms with E-state index in [9.17, 15) is 9.90 Å². The van der Waals surface area contributed by atoms with Gasteiger partial charge in [0.1, 0.15) is 0 Å². The Hall–Kier alpha value is -1.07. The lowest BCUT2D eigenvalue weighted by atomic mass is 10.1. The molecule has 20 heavy (non-hydrogen) atoms. The zero-order chi connectivity index (χ0) is 14.4. The molecule has 114 valence electrons. The monoisotopic (exact) mass is 282 g/mol. The number of β-amino-alcohol motifs (C(OH)–C–C–N with tert-alkyl or cyclic N) is 1. The minimum atomic E-state index is -0.602. The third kappa shape index (κ3) is 4.21. The van der Waals surface area contributed by atoms with E-state index in [0.29, 0.717) is 19.6 Å². The molecule has 1 heterocycles. The van der Waals surface area contributed by atoms with Gasteiger partial charge < -0.3 is 20.4 Å². The fraction of sp³-hybridized carbons (Fsp3) is 0.800. The van der Waals surface area contributed by atoms with Gasteiger partial charge in [0, 0.05) is 25.6 Å². The number of hydrogen-bond donors (Lipinski definition) is 3. The summed E-state index contributed by atoms with van der Waals surface area (Å²) in [5.74, 6) is -0.203. The van der Waals surface area contributed by atoms with Crippen LogP contribution in [0.3, 0.4) is 0 Å². The predicted octanol–water partition coefficient (Wildman–Crippen LogP) is 1.26. The molecule has 1 saturated heterocycles. The first kappa shape index (κ1) is 15.3. The molecule has 0 aromatic heterocycles. The standard InChI is InChI=1S/C15H26N2O3/c18-11-13-9-17(10-14(13)19)15(20)16-8-7-12-5-3-1-2-4-6-12/h5,13-14,18-19H,1-4,6-11H2,(H,16,20). The van der Waals surface area contributed by atoms with Crippen LogP contribution < -0.4 is 5.32 Å². The lowest BCUT2D eigenvalue weighted by Crippen LogP contribution is -2.39. The van der Waals surface area contributed by atoms with Crippen LogP contribution in [0.5, 0.6) is 0 Å². The van der Waals surface area contributed by atoms with Crippen molar-refractivity contribution in [3.63, 3.8) is 0 Å². The molecule has 1 fully saturated rings. The highest BCUT2D eigenvalue weighted by Gasteiger charge is 2.33. The summed E-state index contributed by atoms with van der Waals surface area (Å²) in [6.45, 7) is 1.34. The number of carbonyl (C=O) groups is 1. The fourth-order valence-corrected chi connectivity index (χ4v) is 2.95. The van der Waals surface area contributed by atoms with E-state index in [2.05, 4.69) is 11.4 Å². The molecule has 2 rings (SSSR count). The summed E-state index contributed by atoms with van der Waals surface area (Å²) >= 11 is 0. The third-order valence-electron chi connectivity index (χ3n) is 4.29. The number of amides is 2. The van der Waals surface area contributed by atoms with Crippen molar-refractivity contribution < 1.29 is 15.0 Å². The molecule has 2 atom stereocenters. The predicted molar refractivity (Wildman–Crippen MR) is 77.3 cm³/mol. The molecule has 3 N–H and O–H groups in total. The largest absolute Gasteiger partial charge is 0.396 e.